The molecule has 1 fully saturated rings. The molecule has 2 aliphatic rings. The smallest absolute Gasteiger partial charge is 0.332 e. The van der Waals surface area contributed by atoms with Crippen molar-refractivity contribution in [3.63, 3.8) is 0 Å². The Morgan fingerprint density at radius 3 is 3.00 bits per heavy atom. The second-order valence-corrected chi connectivity index (χ2v) is 5.34. The number of carbonyl (C=O) groups excluding carboxylic acids is 1. The highest BCUT2D eigenvalue weighted by Gasteiger charge is 2.30. The van der Waals surface area contributed by atoms with Crippen LogP contribution in [-0.2, 0) is 20.7 Å². The number of carboxylic acids is 1. The average Bonchev–Trinajstić information content (AvgIpc) is 2.94. The van der Waals surface area contributed by atoms with Crippen molar-refractivity contribution in [1.29, 1.82) is 0 Å². The molecule has 1 saturated heterocycles. The molecule has 6 heteroatoms. The van der Waals surface area contributed by atoms with E-state index in [1.54, 1.807) is 6.07 Å². The van der Waals surface area contributed by atoms with Gasteiger partial charge in [0.25, 0.3) is 0 Å². The lowest BCUT2D eigenvalue weighted by atomic mass is 10.0. The molecule has 0 spiro atoms. The van der Waals surface area contributed by atoms with Gasteiger partial charge in [-0.1, -0.05) is 0 Å². The molecule has 2 N–H and O–H groups in total. The lowest BCUT2D eigenvalue weighted by molar-refractivity contribution is -0.149. The monoisotopic (exact) mass is 291 g/mol. The van der Waals surface area contributed by atoms with Crippen LogP contribution in [0.1, 0.15) is 24.8 Å². The molecule has 0 bridgehead atoms. The molecule has 0 saturated carbocycles. The largest absolute Gasteiger partial charge is 0.491 e. The van der Waals surface area contributed by atoms with Crippen LogP contribution >= 0.6 is 0 Å². The van der Waals surface area contributed by atoms with E-state index in [4.69, 9.17) is 14.6 Å². The predicted molar refractivity (Wildman–Crippen MR) is 74.4 cm³/mol. The zero-order valence-electron chi connectivity index (χ0n) is 11.5. The fourth-order valence-corrected chi connectivity index (χ4v) is 2.65. The minimum Gasteiger partial charge on any atom is -0.491 e. The van der Waals surface area contributed by atoms with E-state index >= 15 is 0 Å². The highest BCUT2D eigenvalue weighted by atomic mass is 16.6. The quantitative estimate of drug-likeness (QED) is 0.880. The molecule has 2 heterocycles. The first-order valence-electron chi connectivity index (χ1n) is 7.05. The van der Waals surface area contributed by atoms with Crippen LogP contribution in [0.3, 0.4) is 0 Å². The fourth-order valence-electron chi connectivity index (χ4n) is 2.65. The Morgan fingerprint density at radius 1 is 1.38 bits per heavy atom. The SMILES string of the molecule is O=C1CCc2cc(OCC3CCC(C(=O)O)O3)ccc2N1. The molecule has 2 atom stereocenters. The van der Waals surface area contributed by atoms with Crippen LogP contribution in [0.4, 0.5) is 5.69 Å². The lowest BCUT2D eigenvalue weighted by Gasteiger charge is -2.18. The summed E-state index contributed by atoms with van der Waals surface area (Å²) < 4.78 is 11.1. The molecule has 3 rings (SSSR count). The zero-order valence-corrected chi connectivity index (χ0v) is 11.5. The molecule has 2 aliphatic heterocycles. The molecule has 6 nitrogen and oxygen atoms in total. The second-order valence-electron chi connectivity index (χ2n) is 5.34. The van der Waals surface area contributed by atoms with Crippen LogP contribution in [-0.4, -0.2) is 35.8 Å². The van der Waals surface area contributed by atoms with E-state index in [9.17, 15) is 9.59 Å². The Morgan fingerprint density at radius 2 is 2.24 bits per heavy atom. The van der Waals surface area contributed by atoms with Crippen LogP contribution in [0.5, 0.6) is 5.75 Å². The van der Waals surface area contributed by atoms with E-state index in [2.05, 4.69) is 5.32 Å². The third-order valence-corrected chi connectivity index (χ3v) is 3.79. The summed E-state index contributed by atoms with van der Waals surface area (Å²) >= 11 is 0. The predicted octanol–water partition coefficient (Wildman–Crippen LogP) is 1.58. The summed E-state index contributed by atoms with van der Waals surface area (Å²) in [6.45, 7) is 0.342. The number of fused-ring (bicyclic) bond motifs is 1. The van der Waals surface area contributed by atoms with Gasteiger partial charge in [-0.3, -0.25) is 4.79 Å². The van der Waals surface area contributed by atoms with Crippen LogP contribution in [0.2, 0.25) is 0 Å². The molecule has 21 heavy (non-hydrogen) atoms. The molecule has 0 aromatic heterocycles. The third-order valence-electron chi connectivity index (χ3n) is 3.79. The molecular formula is C15H17NO5. The van der Waals surface area contributed by atoms with Gasteiger partial charge in [-0.2, -0.15) is 0 Å². The van der Waals surface area contributed by atoms with Gasteiger partial charge in [0, 0.05) is 12.1 Å². The summed E-state index contributed by atoms with van der Waals surface area (Å²) in [7, 11) is 0. The van der Waals surface area contributed by atoms with Gasteiger partial charge in [-0.05, 0) is 43.0 Å². The topological polar surface area (TPSA) is 84.9 Å². The number of benzene rings is 1. The first-order valence-corrected chi connectivity index (χ1v) is 7.05. The minimum atomic E-state index is -0.915. The standard InChI is InChI=1S/C15H17NO5/c17-14-6-1-9-7-10(2-4-12(9)16-14)20-8-11-3-5-13(21-11)15(18)19/h2,4,7,11,13H,1,3,5-6,8H2,(H,16,17)(H,18,19). The number of anilines is 1. The van der Waals surface area contributed by atoms with Gasteiger partial charge in [-0.25, -0.2) is 4.79 Å². The summed E-state index contributed by atoms with van der Waals surface area (Å²) in [6, 6.07) is 5.55. The zero-order chi connectivity index (χ0) is 14.8. The Labute approximate surface area is 122 Å². The molecule has 0 aliphatic carbocycles. The highest BCUT2D eigenvalue weighted by molar-refractivity contribution is 5.93. The number of hydrogen-bond donors (Lipinski definition) is 2. The van der Waals surface area contributed by atoms with Crippen molar-refractivity contribution < 1.29 is 24.2 Å². The van der Waals surface area contributed by atoms with Gasteiger partial charge in [0.15, 0.2) is 6.10 Å². The molecule has 0 radical (unpaired) electrons. The molecule has 112 valence electrons. The van der Waals surface area contributed by atoms with Crippen molar-refractivity contribution in [2.24, 2.45) is 0 Å². The number of nitrogens with one attached hydrogen (secondary N) is 1. The number of carbonyl (C=O) groups is 2. The van der Waals surface area contributed by atoms with Gasteiger partial charge in [-0.15, -0.1) is 0 Å². The molecule has 1 aromatic carbocycles. The first-order chi connectivity index (χ1) is 10.1. The fraction of sp³-hybridized carbons (Fsp3) is 0.467. The summed E-state index contributed by atoms with van der Waals surface area (Å²) in [5.41, 5.74) is 1.89. The van der Waals surface area contributed by atoms with Gasteiger partial charge >= 0.3 is 5.97 Å². The number of ether oxygens (including phenoxy) is 2. The van der Waals surface area contributed by atoms with Crippen molar-refractivity contribution in [2.45, 2.75) is 37.9 Å². The number of aryl methyl sites for hydroxylation is 1. The van der Waals surface area contributed by atoms with Crippen molar-refractivity contribution in [3.05, 3.63) is 23.8 Å². The van der Waals surface area contributed by atoms with E-state index in [1.165, 1.54) is 0 Å². The Hall–Kier alpha value is -2.08. The van der Waals surface area contributed by atoms with Gasteiger partial charge < -0.3 is 19.9 Å². The number of aliphatic carboxylic acids is 1. The maximum Gasteiger partial charge on any atom is 0.332 e. The summed E-state index contributed by atoms with van der Waals surface area (Å²) in [5, 5.41) is 11.7. The van der Waals surface area contributed by atoms with Crippen LogP contribution < -0.4 is 10.1 Å². The van der Waals surface area contributed by atoms with Crippen LogP contribution in [0.15, 0.2) is 18.2 Å². The van der Waals surface area contributed by atoms with Crippen LogP contribution in [0, 0.1) is 0 Å². The molecule has 2 unspecified atom stereocenters. The van der Waals surface area contributed by atoms with E-state index in [1.807, 2.05) is 12.1 Å². The van der Waals surface area contributed by atoms with Gasteiger partial charge in [0.2, 0.25) is 5.91 Å². The van der Waals surface area contributed by atoms with E-state index in [0.29, 0.717) is 38.0 Å². The van der Waals surface area contributed by atoms with Crippen molar-refractivity contribution in [3.8, 4) is 5.75 Å². The summed E-state index contributed by atoms with van der Waals surface area (Å²) in [4.78, 5) is 22.1. The van der Waals surface area contributed by atoms with E-state index in [-0.39, 0.29) is 12.0 Å². The lowest BCUT2D eigenvalue weighted by Crippen LogP contribution is -2.23. The maximum atomic E-state index is 11.3. The van der Waals surface area contributed by atoms with Gasteiger partial charge in [0.05, 0.1) is 6.10 Å². The van der Waals surface area contributed by atoms with Crippen molar-refractivity contribution in [1.82, 2.24) is 0 Å². The normalized spacial score (nSPS) is 24.3. The Bertz CT molecular complexity index is 571. The van der Waals surface area contributed by atoms with E-state index in [0.717, 1.165) is 11.3 Å². The Balaban J connectivity index is 1.57. The summed E-state index contributed by atoms with van der Waals surface area (Å²) in [6.07, 6.45) is 1.53. The first kappa shape index (κ1) is 13.9. The maximum absolute atomic E-state index is 11.3. The Kier molecular flexibility index (Phi) is 3.79. The average molecular weight is 291 g/mol. The van der Waals surface area contributed by atoms with Crippen molar-refractivity contribution >= 4 is 17.6 Å². The number of amides is 1. The number of carboxylic acid groups (broad SMARTS) is 1. The minimum absolute atomic E-state index is 0.0373. The highest BCUT2D eigenvalue weighted by Crippen LogP contribution is 2.27. The molecule has 1 amide bonds. The summed E-state index contributed by atoms with van der Waals surface area (Å²) in [5.74, 6) is -0.162. The molecule has 1 aromatic rings. The van der Waals surface area contributed by atoms with Crippen LogP contribution in [0.25, 0.3) is 0 Å². The molecular weight excluding hydrogens is 274 g/mol. The second kappa shape index (κ2) is 5.73. The van der Waals surface area contributed by atoms with E-state index < -0.39 is 12.1 Å². The number of hydrogen-bond acceptors (Lipinski definition) is 4. The van der Waals surface area contributed by atoms with Gasteiger partial charge in [0.1, 0.15) is 12.4 Å². The third kappa shape index (κ3) is 3.16. The van der Waals surface area contributed by atoms with Crippen molar-refractivity contribution in [2.75, 3.05) is 11.9 Å². The number of rotatable bonds is 4.